The summed E-state index contributed by atoms with van der Waals surface area (Å²) in [6.45, 7) is 9.23. The molecule has 0 amide bonds. The van der Waals surface area contributed by atoms with Gasteiger partial charge < -0.3 is 71.6 Å². The molecule has 2 aliphatic heterocycles. The SMILES string of the molecule is CCC(=O)[C@]1(O)[C@H](O)[C@@H](CO)OC(S)(NCCCCCN(CCCCCNC2(S)O[C@H](CO)[C@@H](O)[C@@](O)(C(=O)CC)[C@@H]2O)CCCNCCCCNCCCN)[C@H]1O. The lowest BCUT2D eigenvalue weighted by atomic mass is 9.79. The largest absolute Gasteiger partial charge is 0.394 e. The molecular weight excluding hydrogens is 797 g/mol. The van der Waals surface area contributed by atoms with Crippen LogP contribution in [0.2, 0.25) is 0 Å². The molecular formula is C38H76N6O12S2. The third-order valence-electron chi connectivity index (χ3n) is 11.1. The van der Waals surface area contributed by atoms with Gasteiger partial charge in [-0.25, -0.2) is 0 Å². The third kappa shape index (κ3) is 14.5. The molecule has 0 aromatic heterocycles. The molecule has 0 saturated carbocycles. The molecule has 10 atom stereocenters. The molecule has 0 aromatic rings. The minimum atomic E-state index is -2.56. The monoisotopic (exact) mass is 872 g/mol. The Hall–Kier alpha value is -0.600. The lowest BCUT2D eigenvalue weighted by Crippen LogP contribution is -2.76. The van der Waals surface area contributed by atoms with Gasteiger partial charge in [0.2, 0.25) is 0 Å². The molecule has 58 heavy (non-hydrogen) atoms. The average molecular weight is 873 g/mol. The number of aliphatic hydroxyl groups excluding tert-OH is 6. The Kier molecular flexibility index (Phi) is 24.7. The Morgan fingerprint density at radius 3 is 1.34 bits per heavy atom. The Morgan fingerprint density at radius 2 is 0.966 bits per heavy atom. The number of unbranched alkanes of at least 4 members (excludes halogenated alkanes) is 5. The molecule has 2 fully saturated rings. The minimum absolute atomic E-state index is 0.149. The molecule has 2 saturated heterocycles. The highest BCUT2D eigenvalue weighted by Gasteiger charge is 2.64. The van der Waals surface area contributed by atoms with Gasteiger partial charge in [0, 0.05) is 12.8 Å². The summed E-state index contributed by atoms with van der Waals surface area (Å²) < 4.78 is 11.3. The summed E-state index contributed by atoms with van der Waals surface area (Å²) in [4.78, 5) is 27.6. The number of aliphatic hydroxyl groups is 8. The fourth-order valence-corrected chi connectivity index (χ4v) is 8.40. The zero-order chi connectivity index (χ0) is 43.4. The Balaban J connectivity index is 1.87. The van der Waals surface area contributed by atoms with E-state index >= 15 is 0 Å². The molecule has 0 radical (unpaired) electrons. The lowest BCUT2D eigenvalue weighted by molar-refractivity contribution is -0.281. The zero-order valence-corrected chi connectivity index (χ0v) is 36.4. The zero-order valence-electron chi connectivity index (χ0n) is 34.6. The first-order valence-corrected chi connectivity index (χ1v) is 22.1. The number of hydrogen-bond acceptors (Lipinski definition) is 20. The molecule has 0 aromatic carbocycles. The smallest absolute Gasteiger partial charge is 0.194 e. The second-order valence-corrected chi connectivity index (χ2v) is 16.8. The quantitative estimate of drug-likeness (QED) is 0.0186. The Labute approximate surface area is 355 Å². The molecule has 342 valence electrons. The summed E-state index contributed by atoms with van der Waals surface area (Å²) in [5.74, 6) is -1.57. The number of Topliss-reactive ketones (excluding diaryl/α,β-unsaturated/α-hetero) is 2. The van der Waals surface area contributed by atoms with Crippen LogP contribution in [-0.4, -0.2) is 194 Å². The van der Waals surface area contributed by atoms with E-state index in [1.165, 1.54) is 13.8 Å². The number of rotatable bonds is 32. The second kappa shape index (κ2) is 26.8. The van der Waals surface area contributed by atoms with Gasteiger partial charge in [0.1, 0.15) is 36.6 Å². The number of nitrogens with two attached hydrogens (primary N) is 1. The predicted octanol–water partition coefficient (Wildman–Crippen LogP) is -2.68. The van der Waals surface area contributed by atoms with E-state index in [2.05, 4.69) is 51.4 Å². The van der Waals surface area contributed by atoms with Gasteiger partial charge in [-0.3, -0.25) is 20.2 Å². The second-order valence-electron chi connectivity index (χ2n) is 15.5. The Bertz CT molecular complexity index is 1120. The van der Waals surface area contributed by atoms with E-state index in [9.17, 15) is 50.4 Å². The summed E-state index contributed by atoms with van der Waals surface area (Å²) in [6.07, 6.45) is -1.70. The molecule has 2 aliphatic rings. The van der Waals surface area contributed by atoms with Crippen molar-refractivity contribution in [1.82, 2.24) is 26.2 Å². The van der Waals surface area contributed by atoms with E-state index < -0.39 is 82.7 Å². The number of carbonyl (C=O) groups excluding carboxylic acids is 2. The molecule has 2 unspecified atom stereocenters. The van der Waals surface area contributed by atoms with Gasteiger partial charge in [-0.15, -0.1) is 25.3 Å². The maximum Gasteiger partial charge on any atom is 0.194 e. The van der Waals surface area contributed by atoms with Crippen LogP contribution in [-0.2, 0) is 19.1 Å². The van der Waals surface area contributed by atoms with Crippen molar-refractivity contribution in [3.63, 3.8) is 0 Å². The normalized spacial score (nSPS) is 32.9. The summed E-state index contributed by atoms with van der Waals surface area (Å²) in [7, 11) is 0. The van der Waals surface area contributed by atoms with Gasteiger partial charge in [0.05, 0.1) is 13.2 Å². The number of thiol groups is 2. The van der Waals surface area contributed by atoms with Crippen LogP contribution in [0.1, 0.15) is 90.9 Å². The lowest BCUT2D eigenvalue weighted by Gasteiger charge is -2.51. The molecule has 2 heterocycles. The summed E-state index contributed by atoms with van der Waals surface area (Å²) >= 11 is 8.83. The number of nitrogens with zero attached hydrogens (tertiary/aromatic N) is 1. The highest BCUT2D eigenvalue weighted by molar-refractivity contribution is 7.81. The van der Waals surface area contributed by atoms with Crippen LogP contribution in [0.5, 0.6) is 0 Å². The number of carbonyl (C=O) groups is 2. The van der Waals surface area contributed by atoms with E-state index in [0.717, 1.165) is 97.2 Å². The highest BCUT2D eigenvalue weighted by Crippen LogP contribution is 2.40. The molecule has 0 aliphatic carbocycles. The molecule has 14 N–H and O–H groups in total. The average Bonchev–Trinajstić information content (AvgIpc) is 3.22. The summed E-state index contributed by atoms with van der Waals surface area (Å²) in [5.41, 5.74) is 0.413. The Morgan fingerprint density at radius 1 is 0.603 bits per heavy atom. The standard InChI is InChI=1S/C38H76N6O12S2/c1-3-29(47)35(53)31(49)27(25-45)55-37(57,33(35)51)42-20-7-5-11-22-44(24-14-19-41-17-10-9-16-40-18-13-15-39)23-12-6-8-21-43-38(58)34(52)36(54,30(48)4-2)32(50)28(26-46)56-38/h27-28,31-34,40-43,45-46,49-54,57-58H,3-26,39H2,1-2H3/t27-,28-,31-,32-,33+,34+,35+,36+,37?,38?/m1/s1. The first-order chi connectivity index (χ1) is 27.6. The van der Waals surface area contributed by atoms with Gasteiger partial charge in [-0.1, -0.05) is 26.7 Å². The van der Waals surface area contributed by atoms with Crippen molar-refractivity contribution in [1.29, 1.82) is 0 Å². The van der Waals surface area contributed by atoms with Crippen LogP contribution in [0.25, 0.3) is 0 Å². The molecule has 0 bridgehead atoms. The van der Waals surface area contributed by atoms with Gasteiger partial charge in [-0.2, -0.15) is 0 Å². The van der Waals surface area contributed by atoms with Crippen LogP contribution >= 0.6 is 25.3 Å². The van der Waals surface area contributed by atoms with E-state index in [0.29, 0.717) is 32.5 Å². The van der Waals surface area contributed by atoms with Crippen molar-refractivity contribution in [2.75, 3.05) is 78.7 Å². The van der Waals surface area contributed by atoms with Crippen LogP contribution in [0.4, 0.5) is 0 Å². The maximum absolute atomic E-state index is 12.6. The van der Waals surface area contributed by atoms with E-state index in [1.807, 2.05) is 0 Å². The van der Waals surface area contributed by atoms with Gasteiger partial charge in [-0.05, 0) is 117 Å². The van der Waals surface area contributed by atoms with Crippen LogP contribution in [0, 0.1) is 0 Å². The fourth-order valence-electron chi connectivity index (χ4n) is 7.51. The number of nitrogens with one attached hydrogen (secondary N) is 4. The first kappa shape index (κ1) is 53.5. The van der Waals surface area contributed by atoms with Gasteiger partial charge in [0.15, 0.2) is 32.9 Å². The summed E-state index contributed by atoms with van der Waals surface area (Å²) in [6, 6.07) is 0. The molecule has 18 nitrogen and oxygen atoms in total. The number of ketones is 2. The van der Waals surface area contributed by atoms with Crippen molar-refractivity contribution >= 4 is 36.8 Å². The van der Waals surface area contributed by atoms with E-state index in [1.54, 1.807) is 0 Å². The van der Waals surface area contributed by atoms with Crippen molar-refractivity contribution in [2.24, 2.45) is 5.73 Å². The molecule has 0 spiro atoms. The van der Waals surface area contributed by atoms with Crippen molar-refractivity contribution in [3.05, 3.63) is 0 Å². The van der Waals surface area contributed by atoms with Crippen LogP contribution < -0.4 is 27.0 Å². The minimum Gasteiger partial charge on any atom is -0.394 e. The predicted molar refractivity (Wildman–Crippen MR) is 225 cm³/mol. The molecule has 20 heteroatoms. The fraction of sp³-hybridized carbons (Fsp3) is 0.947. The van der Waals surface area contributed by atoms with E-state index in [4.69, 9.17) is 15.2 Å². The van der Waals surface area contributed by atoms with Gasteiger partial charge in [0.25, 0.3) is 0 Å². The van der Waals surface area contributed by atoms with Gasteiger partial charge >= 0.3 is 0 Å². The summed E-state index contributed by atoms with van der Waals surface area (Å²) in [5, 5.41) is 93.7. The van der Waals surface area contributed by atoms with Crippen LogP contribution in [0.3, 0.4) is 0 Å². The first-order valence-electron chi connectivity index (χ1n) is 21.2. The van der Waals surface area contributed by atoms with Crippen molar-refractivity contribution in [3.8, 4) is 0 Å². The third-order valence-corrected chi connectivity index (χ3v) is 12.2. The topological polar surface area (TPSA) is 292 Å². The highest BCUT2D eigenvalue weighted by atomic mass is 32.1. The number of ether oxygens (including phenoxy) is 2. The maximum atomic E-state index is 12.6. The van der Waals surface area contributed by atoms with Crippen LogP contribution in [0.15, 0.2) is 0 Å². The molecule has 2 rings (SSSR count). The number of hydrogen-bond donors (Lipinski definition) is 15. The van der Waals surface area contributed by atoms with Crippen molar-refractivity contribution < 1.29 is 59.9 Å². The van der Waals surface area contributed by atoms with Crippen molar-refractivity contribution in [2.45, 2.75) is 149 Å². The van der Waals surface area contributed by atoms with E-state index in [-0.39, 0.29) is 12.8 Å².